The van der Waals surface area contributed by atoms with Gasteiger partial charge in [-0.3, -0.25) is 4.52 Å². The van der Waals surface area contributed by atoms with Gasteiger partial charge in [0, 0.05) is 28.7 Å². The number of hydrogen-bond acceptors (Lipinski definition) is 17. The first kappa shape index (κ1) is 43.0. The Bertz CT molecular complexity index is 1630. The van der Waals surface area contributed by atoms with E-state index in [2.05, 4.69) is 30.4 Å². The first-order valence-electron chi connectivity index (χ1n) is 14.1. The lowest BCUT2D eigenvalue weighted by Gasteiger charge is -2.22. The molecule has 1 aliphatic heterocycles. The molecule has 0 saturated carbocycles. The SMILES string of the molecule is CC(C)(C)SSCOC1C[C@H](n2cc(C#CCOCSSC(C)(C)CN)c3c(N)ncnc32)O[C@@H]1COP(=O)(O)OP(=O)(O)OP(=O)(O)O. The summed E-state index contributed by atoms with van der Waals surface area (Å²) in [6.45, 7) is 10.1. The topological polar surface area (TPSA) is 270 Å². The Hall–Kier alpha value is -0.370. The maximum atomic E-state index is 12.4. The van der Waals surface area contributed by atoms with Gasteiger partial charge < -0.3 is 49.8 Å². The summed E-state index contributed by atoms with van der Waals surface area (Å²) in [5, 5.41) is 0.472. The highest BCUT2D eigenvalue weighted by Gasteiger charge is 2.44. The van der Waals surface area contributed by atoms with Crippen LogP contribution in [0, 0.1) is 11.8 Å². The lowest BCUT2D eigenvalue weighted by molar-refractivity contribution is -0.0520. The van der Waals surface area contributed by atoms with E-state index in [1.165, 1.54) is 27.9 Å². The number of nitrogens with zero attached hydrogens (tertiary/aromatic N) is 3. The third-order valence-corrected chi connectivity index (χ3v) is 15.7. The largest absolute Gasteiger partial charge is 0.490 e. The van der Waals surface area contributed by atoms with Crippen LogP contribution in [-0.4, -0.2) is 87.4 Å². The molecule has 0 amide bonds. The van der Waals surface area contributed by atoms with Gasteiger partial charge in [-0.2, -0.15) is 8.62 Å². The molecule has 0 spiro atoms. The quantitative estimate of drug-likeness (QED) is 0.0394. The van der Waals surface area contributed by atoms with Crippen molar-refractivity contribution in [3.05, 3.63) is 18.1 Å². The van der Waals surface area contributed by atoms with Crippen LogP contribution in [0.4, 0.5) is 5.82 Å². The normalized spacial score (nSPS) is 21.3. The summed E-state index contributed by atoms with van der Waals surface area (Å²) in [4.78, 5) is 45.5. The smallest absolute Gasteiger partial charge is 0.383 e. The summed E-state index contributed by atoms with van der Waals surface area (Å²) in [6.07, 6.45) is 0.611. The number of rotatable bonds is 18. The van der Waals surface area contributed by atoms with Gasteiger partial charge >= 0.3 is 23.5 Å². The van der Waals surface area contributed by atoms with Gasteiger partial charge in [-0.1, -0.05) is 75.8 Å². The van der Waals surface area contributed by atoms with Gasteiger partial charge in [-0.05, 0) is 13.8 Å². The van der Waals surface area contributed by atoms with Gasteiger partial charge in [-0.25, -0.2) is 23.7 Å². The molecule has 1 aliphatic rings. The molecule has 2 aromatic rings. The Morgan fingerprint density at radius 1 is 1.04 bits per heavy atom. The molecule has 18 nitrogen and oxygen atoms in total. The summed E-state index contributed by atoms with van der Waals surface area (Å²) in [5.74, 6) is 6.78. The molecule has 0 aromatic carbocycles. The van der Waals surface area contributed by atoms with Crippen molar-refractivity contribution >= 4 is 83.5 Å². The van der Waals surface area contributed by atoms with Crippen molar-refractivity contribution in [1.29, 1.82) is 0 Å². The first-order valence-corrected chi connectivity index (χ1v) is 23.3. The lowest BCUT2D eigenvalue weighted by Crippen LogP contribution is -2.29. The Labute approximate surface area is 299 Å². The van der Waals surface area contributed by atoms with Crippen LogP contribution in [-0.2, 0) is 41.1 Å². The number of aromatic nitrogens is 3. The number of nitrogens with two attached hydrogens (primary N) is 2. The third-order valence-electron chi connectivity index (χ3n) is 5.89. The van der Waals surface area contributed by atoms with E-state index in [9.17, 15) is 23.5 Å². The minimum Gasteiger partial charge on any atom is -0.383 e. The van der Waals surface area contributed by atoms with Crippen molar-refractivity contribution in [3.8, 4) is 11.8 Å². The number of fused-ring (bicyclic) bond motifs is 1. The minimum atomic E-state index is -5.70. The molecule has 3 unspecified atom stereocenters. The second-order valence-corrected chi connectivity index (χ2v) is 22.2. The van der Waals surface area contributed by atoms with Crippen LogP contribution >= 0.6 is 66.6 Å². The zero-order chi connectivity index (χ0) is 36.7. The van der Waals surface area contributed by atoms with E-state index < -0.39 is 48.5 Å². The third kappa shape index (κ3) is 14.9. The molecule has 49 heavy (non-hydrogen) atoms. The van der Waals surface area contributed by atoms with Crippen LogP contribution in [0.3, 0.4) is 0 Å². The summed E-state index contributed by atoms with van der Waals surface area (Å²) in [6, 6.07) is 0. The molecule has 3 rings (SSSR count). The first-order chi connectivity index (χ1) is 22.6. The molecule has 1 fully saturated rings. The van der Waals surface area contributed by atoms with E-state index in [4.69, 9.17) is 40.0 Å². The van der Waals surface area contributed by atoms with Crippen molar-refractivity contribution in [1.82, 2.24) is 14.5 Å². The minimum absolute atomic E-state index is 0.0646. The van der Waals surface area contributed by atoms with Crippen molar-refractivity contribution in [2.24, 2.45) is 5.73 Å². The second kappa shape index (κ2) is 18.1. The van der Waals surface area contributed by atoms with Gasteiger partial charge in [0.15, 0.2) is 0 Å². The molecule has 2 aromatic heterocycles. The van der Waals surface area contributed by atoms with Gasteiger partial charge in [0.1, 0.15) is 48.6 Å². The number of phosphoric ester groups is 1. The molecule has 278 valence electrons. The average Bonchev–Trinajstić information content (AvgIpc) is 3.53. The summed E-state index contributed by atoms with van der Waals surface area (Å²) < 4.78 is 67.0. The molecule has 25 heteroatoms. The predicted molar refractivity (Wildman–Crippen MR) is 191 cm³/mol. The number of nitrogen functional groups attached to an aromatic ring is 1. The monoisotopic (exact) mass is 827 g/mol. The van der Waals surface area contributed by atoms with E-state index in [0.717, 1.165) is 0 Å². The number of ether oxygens (including phenoxy) is 3. The Balaban J connectivity index is 1.78. The zero-order valence-electron chi connectivity index (χ0n) is 27.1. The molecule has 0 radical (unpaired) electrons. The van der Waals surface area contributed by atoms with Crippen LogP contribution in [0.1, 0.15) is 52.8 Å². The Kier molecular flexibility index (Phi) is 15.9. The van der Waals surface area contributed by atoms with Gasteiger partial charge in [0.2, 0.25) is 0 Å². The number of phosphoric acid groups is 3. The van der Waals surface area contributed by atoms with Gasteiger partial charge in [0.25, 0.3) is 0 Å². The Morgan fingerprint density at radius 3 is 2.39 bits per heavy atom. The highest BCUT2D eigenvalue weighted by atomic mass is 33.1. The van der Waals surface area contributed by atoms with Crippen molar-refractivity contribution < 1.29 is 60.6 Å². The summed E-state index contributed by atoms with van der Waals surface area (Å²) in [7, 11) is -10.5. The highest BCUT2D eigenvalue weighted by molar-refractivity contribution is 8.77. The van der Waals surface area contributed by atoms with Crippen LogP contribution in [0.25, 0.3) is 11.0 Å². The van der Waals surface area contributed by atoms with Gasteiger partial charge in [-0.15, -0.1) is 0 Å². The fraction of sp³-hybridized carbons (Fsp3) is 0.667. The van der Waals surface area contributed by atoms with Crippen LogP contribution in [0.2, 0.25) is 0 Å². The predicted octanol–water partition coefficient (Wildman–Crippen LogP) is 4.61. The summed E-state index contributed by atoms with van der Waals surface area (Å²) in [5.41, 5.74) is 12.8. The van der Waals surface area contributed by atoms with Gasteiger partial charge in [0.05, 0.1) is 23.7 Å². The molecule has 0 aliphatic carbocycles. The average molecular weight is 828 g/mol. The molecule has 5 atom stereocenters. The molecular weight excluding hydrogens is 787 g/mol. The van der Waals surface area contributed by atoms with Crippen LogP contribution in [0.5, 0.6) is 0 Å². The van der Waals surface area contributed by atoms with Crippen molar-refractivity contribution in [2.45, 2.75) is 69.0 Å². The molecule has 1 saturated heterocycles. The van der Waals surface area contributed by atoms with E-state index in [1.807, 2.05) is 34.6 Å². The molecule has 8 N–H and O–H groups in total. The standard InChI is InChI=1S/C24H40N5O13P3S4/c1-23(2,3)48-47-15-38-17-9-19(40-18(17)11-39-44(33,34)42-45(35,36)41-43(30,31)32)29-10-16(20-21(26)27-13-28-22(20)29)7-6-8-37-14-46-49-24(4,5)12-25/h10,13,17-19H,8-9,11-12,14-15,25H2,1-5H3,(H,33,34)(H,35,36)(H2,26,27,28)(H2,30,31,32)/t17?,18-,19-/m1/s1. The fourth-order valence-corrected chi connectivity index (χ4v) is 11.0. The van der Waals surface area contributed by atoms with E-state index in [1.54, 1.807) is 32.4 Å². The van der Waals surface area contributed by atoms with Crippen molar-refractivity contribution in [3.63, 3.8) is 0 Å². The van der Waals surface area contributed by atoms with E-state index in [-0.39, 0.29) is 34.3 Å². The van der Waals surface area contributed by atoms with Crippen LogP contribution in [0.15, 0.2) is 12.5 Å². The second-order valence-electron chi connectivity index (χ2n) is 11.7. The lowest BCUT2D eigenvalue weighted by atomic mass is 10.2. The molecule has 3 heterocycles. The maximum Gasteiger partial charge on any atom is 0.490 e. The number of hydrogen-bond donors (Lipinski definition) is 6. The van der Waals surface area contributed by atoms with Crippen LogP contribution < -0.4 is 11.5 Å². The molecule has 0 bridgehead atoms. The zero-order valence-corrected chi connectivity index (χ0v) is 33.0. The van der Waals surface area contributed by atoms with E-state index in [0.29, 0.717) is 29.1 Å². The van der Waals surface area contributed by atoms with E-state index >= 15 is 0 Å². The fourth-order valence-electron chi connectivity index (χ4n) is 3.88. The molecular formula is C24H40N5O13P3S4. The number of anilines is 1. The maximum absolute atomic E-state index is 12.4. The Morgan fingerprint density at radius 2 is 1.73 bits per heavy atom. The van der Waals surface area contributed by atoms with Crippen molar-refractivity contribution in [2.75, 3.05) is 37.4 Å². The highest BCUT2D eigenvalue weighted by Crippen LogP contribution is 2.66. The summed E-state index contributed by atoms with van der Waals surface area (Å²) >= 11 is 0.